The summed E-state index contributed by atoms with van der Waals surface area (Å²) < 4.78 is 18.6. The van der Waals surface area contributed by atoms with Crippen molar-refractivity contribution in [3.05, 3.63) is 70.2 Å². The van der Waals surface area contributed by atoms with E-state index in [2.05, 4.69) is 48.5 Å². The van der Waals surface area contributed by atoms with E-state index in [4.69, 9.17) is 14.2 Å². The van der Waals surface area contributed by atoms with Crippen molar-refractivity contribution in [3.8, 4) is 23.3 Å². The van der Waals surface area contributed by atoms with Crippen molar-refractivity contribution in [2.24, 2.45) is 0 Å². The first-order chi connectivity index (χ1) is 14.3. The van der Waals surface area contributed by atoms with E-state index >= 15 is 0 Å². The van der Waals surface area contributed by atoms with E-state index in [1.165, 1.54) is 0 Å². The predicted octanol–water partition coefficient (Wildman–Crippen LogP) is 4.87. The first kappa shape index (κ1) is 22.4. The van der Waals surface area contributed by atoms with Crippen LogP contribution in [0.15, 0.2) is 59.1 Å². The molecule has 0 aromatic heterocycles. The number of rotatable bonds is 4. The van der Waals surface area contributed by atoms with E-state index < -0.39 is 18.3 Å². The Labute approximate surface area is 187 Å². The molecule has 0 fully saturated rings. The van der Waals surface area contributed by atoms with Crippen molar-refractivity contribution in [3.63, 3.8) is 0 Å². The summed E-state index contributed by atoms with van der Waals surface area (Å²) in [5, 5.41) is 9.87. The summed E-state index contributed by atoms with van der Waals surface area (Å²) in [4.78, 5) is 0. The van der Waals surface area contributed by atoms with Crippen LogP contribution in [0.25, 0.3) is 0 Å². The van der Waals surface area contributed by atoms with E-state index in [0.29, 0.717) is 0 Å². The Hall–Kier alpha value is -2.26. The van der Waals surface area contributed by atoms with Gasteiger partial charge in [0, 0.05) is 15.6 Å². The van der Waals surface area contributed by atoms with E-state index in [-0.39, 0.29) is 12.0 Å². The van der Waals surface area contributed by atoms with Crippen molar-refractivity contribution in [1.29, 1.82) is 0 Å². The smallest absolute Gasteiger partial charge is 0.145 e. The molecule has 0 aliphatic carbocycles. The normalized spacial score (nSPS) is 20.9. The van der Waals surface area contributed by atoms with Gasteiger partial charge in [0.1, 0.15) is 29.8 Å². The van der Waals surface area contributed by atoms with Crippen LogP contribution in [0.5, 0.6) is 11.5 Å². The molecule has 30 heavy (non-hydrogen) atoms. The largest absolute Gasteiger partial charge is 0.497 e. The third-order valence-electron chi connectivity index (χ3n) is 4.80. The topological polar surface area (TPSA) is 47.9 Å². The van der Waals surface area contributed by atoms with E-state index in [1.54, 1.807) is 7.11 Å². The van der Waals surface area contributed by atoms with Gasteiger partial charge in [-0.05, 0) is 60.0 Å². The SMILES string of the molecule is COc1ccc(O[C@H]2C=C[C@@H](C#Cc3ccc(Br)cc3)O[C@@H]2CO)c(C(C)(C)C)c1. The lowest BCUT2D eigenvalue weighted by molar-refractivity contribution is -0.0552. The first-order valence-corrected chi connectivity index (χ1v) is 10.7. The Morgan fingerprint density at radius 1 is 1.10 bits per heavy atom. The zero-order valence-corrected chi connectivity index (χ0v) is 19.3. The number of hydrogen-bond donors (Lipinski definition) is 1. The molecule has 1 N–H and O–H groups in total. The second kappa shape index (κ2) is 9.70. The van der Waals surface area contributed by atoms with E-state index in [9.17, 15) is 5.11 Å². The third-order valence-corrected chi connectivity index (χ3v) is 5.33. The fourth-order valence-corrected chi connectivity index (χ4v) is 3.41. The van der Waals surface area contributed by atoms with Gasteiger partial charge in [0.25, 0.3) is 0 Å². The summed E-state index contributed by atoms with van der Waals surface area (Å²) >= 11 is 3.42. The number of aliphatic hydroxyl groups is 1. The zero-order valence-electron chi connectivity index (χ0n) is 17.7. The van der Waals surface area contributed by atoms with E-state index in [0.717, 1.165) is 27.1 Å². The van der Waals surface area contributed by atoms with Gasteiger partial charge in [0.15, 0.2) is 0 Å². The van der Waals surface area contributed by atoms with Crippen molar-refractivity contribution < 1.29 is 19.3 Å². The van der Waals surface area contributed by atoms with Gasteiger partial charge < -0.3 is 19.3 Å². The van der Waals surface area contributed by atoms with Crippen molar-refractivity contribution in [1.82, 2.24) is 0 Å². The Morgan fingerprint density at radius 3 is 2.47 bits per heavy atom. The van der Waals surface area contributed by atoms with Crippen LogP contribution in [-0.2, 0) is 10.2 Å². The molecule has 3 atom stereocenters. The Balaban J connectivity index is 1.78. The molecule has 0 radical (unpaired) electrons. The van der Waals surface area contributed by atoms with Crippen LogP contribution < -0.4 is 9.47 Å². The summed E-state index contributed by atoms with van der Waals surface area (Å²) in [6.45, 7) is 6.21. The molecule has 0 saturated carbocycles. The van der Waals surface area contributed by atoms with Crippen molar-refractivity contribution >= 4 is 15.9 Å². The molecule has 1 aliphatic heterocycles. The van der Waals surface area contributed by atoms with Gasteiger partial charge in [-0.3, -0.25) is 0 Å². The standard InChI is InChI=1S/C25H27BrO4/c1-25(2,3)21-15-20(28-4)12-13-22(21)30-23-14-11-19(29-24(23)16-27)10-7-17-5-8-18(26)9-6-17/h5-6,8-9,11-15,19,23-24,27H,16H2,1-4H3/t19-,23+,24-/m1/s1. The van der Waals surface area contributed by atoms with Gasteiger partial charge in [-0.2, -0.15) is 0 Å². The molecule has 3 rings (SSSR count). The second-order valence-electron chi connectivity index (χ2n) is 8.13. The summed E-state index contributed by atoms with van der Waals surface area (Å²) in [6.07, 6.45) is 2.48. The van der Waals surface area contributed by atoms with Crippen molar-refractivity contribution in [2.75, 3.05) is 13.7 Å². The number of hydrogen-bond acceptors (Lipinski definition) is 4. The van der Waals surface area contributed by atoms with Crippen LogP contribution in [0, 0.1) is 11.8 Å². The maximum atomic E-state index is 9.87. The van der Waals surface area contributed by atoms with Crippen LogP contribution in [0.3, 0.4) is 0 Å². The fraction of sp³-hybridized carbons (Fsp3) is 0.360. The summed E-state index contributed by atoms with van der Waals surface area (Å²) in [5.74, 6) is 7.74. The molecule has 1 heterocycles. The number of methoxy groups -OCH3 is 1. The minimum atomic E-state index is -0.505. The molecular weight excluding hydrogens is 444 g/mol. The number of halogens is 1. The Morgan fingerprint density at radius 2 is 1.83 bits per heavy atom. The van der Waals surface area contributed by atoms with Gasteiger partial charge in [-0.1, -0.05) is 48.5 Å². The van der Waals surface area contributed by atoms with Gasteiger partial charge in [0.05, 0.1) is 13.7 Å². The number of benzene rings is 2. The van der Waals surface area contributed by atoms with Gasteiger partial charge >= 0.3 is 0 Å². The summed E-state index contributed by atoms with van der Waals surface area (Å²) in [6, 6.07) is 13.5. The number of aliphatic hydroxyl groups excluding tert-OH is 1. The molecule has 0 saturated heterocycles. The van der Waals surface area contributed by atoms with Crippen LogP contribution >= 0.6 is 15.9 Å². The highest BCUT2D eigenvalue weighted by Gasteiger charge is 2.29. The van der Waals surface area contributed by atoms with Crippen molar-refractivity contribution in [2.45, 2.75) is 44.5 Å². The molecular formula is C25H27BrO4. The minimum Gasteiger partial charge on any atom is -0.497 e. The molecule has 1 aliphatic rings. The molecule has 5 heteroatoms. The van der Waals surface area contributed by atoms with Crippen LogP contribution in [0.2, 0.25) is 0 Å². The molecule has 2 aromatic rings. The lowest BCUT2D eigenvalue weighted by Gasteiger charge is -2.32. The average molecular weight is 471 g/mol. The van der Waals surface area contributed by atoms with Crippen LogP contribution in [0.1, 0.15) is 31.9 Å². The van der Waals surface area contributed by atoms with Gasteiger partial charge in [-0.25, -0.2) is 0 Å². The molecule has 4 nitrogen and oxygen atoms in total. The highest BCUT2D eigenvalue weighted by atomic mass is 79.9. The maximum absolute atomic E-state index is 9.87. The average Bonchev–Trinajstić information content (AvgIpc) is 2.73. The monoisotopic (exact) mass is 470 g/mol. The second-order valence-corrected chi connectivity index (χ2v) is 9.05. The highest BCUT2D eigenvalue weighted by molar-refractivity contribution is 9.10. The van der Waals surface area contributed by atoms with Crippen LogP contribution in [-0.4, -0.2) is 37.1 Å². The molecule has 2 aromatic carbocycles. The quantitative estimate of drug-likeness (QED) is 0.511. The lowest BCUT2D eigenvalue weighted by Crippen LogP contribution is -2.41. The van der Waals surface area contributed by atoms with Gasteiger partial charge in [-0.15, -0.1) is 0 Å². The predicted molar refractivity (Wildman–Crippen MR) is 122 cm³/mol. The Kier molecular flexibility index (Phi) is 7.25. The maximum Gasteiger partial charge on any atom is 0.145 e. The molecule has 0 bridgehead atoms. The summed E-state index contributed by atoms with van der Waals surface area (Å²) in [7, 11) is 1.65. The fourth-order valence-electron chi connectivity index (χ4n) is 3.15. The zero-order chi connectivity index (χ0) is 21.7. The van der Waals surface area contributed by atoms with E-state index in [1.807, 2.05) is 54.6 Å². The minimum absolute atomic E-state index is 0.128. The number of ether oxygens (including phenoxy) is 3. The molecule has 0 unspecified atom stereocenters. The highest BCUT2D eigenvalue weighted by Crippen LogP contribution is 2.35. The molecule has 0 spiro atoms. The third kappa shape index (κ3) is 5.66. The molecule has 0 amide bonds. The lowest BCUT2D eigenvalue weighted by atomic mass is 9.86. The Bertz CT molecular complexity index is 948. The van der Waals surface area contributed by atoms with Crippen LogP contribution in [0.4, 0.5) is 0 Å². The van der Waals surface area contributed by atoms with Gasteiger partial charge in [0.2, 0.25) is 0 Å². The molecule has 158 valence electrons. The first-order valence-electron chi connectivity index (χ1n) is 9.87. The summed E-state index contributed by atoms with van der Waals surface area (Å²) in [5.41, 5.74) is 1.81.